The Balaban J connectivity index is 2.51. The monoisotopic (exact) mass is 323 g/mol. The van der Waals surface area contributed by atoms with E-state index in [0.29, 0.717) is 23.5 Å². The lowest BCUT2D eigenvalue weighted by Gasteiger charge is -2.11. The summed E-state index contributed by atoms with van der Waals surface area (Å²) in [6.45, 7) is 4.26. The summed E-state index contributed by atoms with van der Waals surface area (Å²) in [7, 11) is 0. The normalized spacial score (nSPS) is 10.5. The predicted molar refractivity (Wildman–Crippen MR) is 86.7 cm³/mol. The van der Waals surface area contributed by atoms with E-state index in [4.69, 9.17) is 33.7 Å². The Kier molecular flexibility index (Phi) is 4.76. The van der Waals surface area contributed by atoms with Crippen molar-refractivity contribution >= 4 is 34.7 Å². The minimum Gasteiger partial charge on any atom is -0.493 e. The number of carbonyl (C=O) groups excluding carboxylic acids is 1. The van der Waals surface area contributed by atoms with Gasteiger partial charge in [-0.3, -0.25) is 4.79 Å². The van der Waals surface area contributed by atoms with Gasteiger partial charge in [0.2, 0.25) is 0 Å². The summed E-state index contributed by atoms with van der Waals surface area (Å²) in [5.74, 6) is 0.338. The minimum absolute atomic E-state index is 0.201. The second-order valence-electron chi connectivity index (χ2n) is 4.62. The molecule has 2 aromatic carbocycles. The number of nitrogen functional groups attached to an aromatic ring is 1. The van der Waals surface area contributed by atoms with Crippen LogP contribution in [-0.4, -0.2) is 12.4 Å². The molecule has 0 unspecified atom stereocenters. The SMILES string of the molecule is CCOc1ccc(C)cc1C(=O)c1cc(N)c(Cl)c(Cl)c1. The Morgan fingerprint density at radius 1 is 1.24 bits per heavy atom. The standard InChI is InChI=1S/C16H15Cl2NO2/c1-3-21-14-5-4-9(2)6-11(14)16(20)10-7-12(17)15(18)13(19)8-10/h4-8H,3,19H2,1-2H3. The second kappa shape index (κ2) is 6.37. The van der Waals surface area contributed by atoms with Crippen LogP contribution in [0.4, 0.5) is 5.69 Å². The fourth-order valence-electron chi connectivity index (χ4n) is 2.00. The van der Waals surface area contributed by atoms with Crippen molar-refractivity contribution in [2.45, 2.75) is 13.8 Å². The number of benzene rings is 2. The molecule has 3 nitrogen and oxygen atoms in total. The smallest absolute Gasteiger partial charge is 0.196 e. The number of ether oxygens (including phenoxy) is 1. The van der Waals surface area contributed by atoms with Gasteiger partial charge in [-0.15, -0.1) is 0 Å². The number of anilines is 1. The average Bonchev–Trinajstić information content (AvgIpc) is 2.45. The first-order chi connectivity index (χ1) is 9.93. The molecule has 110 valence electrons. The Hall–Kier alpha value is -1.71. The molecule has 0 aliphatic rings. The highest BCUT2D eigenvalue weighted by Crippen LogP contribution is 2.31. The number of halogens is 2. The first kappa shape index (κ1) is 15.7. The maximum Gasteiger partial charge on any atom is 0.196 e. The number of aryl methyl sites for hydroxylation is 1. The molecule has 0 radical (unpaired) electrons. The molecule has 2 aromatic rings. The molecule has 5 heteroatoms. The Morgan fingerprint density at radius 2 is 1.95 bits per heavy atom. The van der Waals surface area contributed by atoms with Gasteiger partial charge in [-0.2, -0.15) is 0 Å². The van der Waals surface area contributed by atoms with E-state index in [1.54, 1.807) is 12.1 Å². The molecule has 0 saturated heterocycles. The third kappa shape index (κ3) is 3.31. The van der Waals surface area contributed by atoms with Gasteiger partial charge in [0.05, 0.1) is 27.9 Å². The van der Waals surface area contributed by atoms with Gasteiger partial charge in [-0.05, 0) is 38.1 Å². The van der Waals surface area contributed by atoms with E-state index in [1.165, 1.54) is 12.1 Å². The molecule has 0 aromatic heterocycles. The molecule has 2 N–H and O–H groups in total. The van der Waals surface area contributed by atoms with Gasteiger partial charge in [-0.1, -0.05) is 34.8 Å². The molecule has 0 amide bonds. The van der Waals surface area contributed by atoms with E-state index in [1.807, 2.05) is 19.9 Å². The fourth-order valence-corrected chi connectivity index (χ4v) is 2.34. The lowest BCUT2D eigenvalue weighted by atomic mass is 10.00. The van der Waals surface area contributed by atoms with Crippen molar-refractivity contribution < 1.29 is 9.53 Å². The third-order valence-corrected chi connectivity index (χ3v) is 3.81. The number of carbonyl (C=O) groups is 1. The largest absolute Gasteiger partial charge is 0.493 e. The van der Waals surface area contributed by atoms with Gasteiger partial charge < -0.3 is 10.5 Å². The van der Waals surface area contributed by atoms with Crippen LogP contribution in [0.3, 0.4) is 0 Å². The number of rotatable bonds is 4. The second-order valence-corrected chi connectivity index (χ2v) is 5.41. The Labute approximate surface area is 133 Å². The highest BCUT2D eigenvalue weighted by atomic mass is 35.5. The van der Waals surface area contributed by atoms with Crippen molar-refractivity contribution in [3.63, 3.8) is 0 Å². The van der Waals surface area contributed by atoms with Crippen LogP contribution in [0.25, 0.3) is 0 Å². The van der Waals surface area contributed by atoms with Crippen LogP contribution < -0.4 is 10.5 Å². The van der Waals surface area contributed by atoms with Gasteiger partial charge in [0.25, 0.3) is 0 Å². The van der Waals surface area contributed by atoms with Crippen molar-refractivity contribution in [2.75, 3.05) is 12.3 Å². The van der Waals surface area contributed by atoms with E-state index in [9.17, 15) is 4.79 Å². The molecule has 0 aliphatic heterocycles. The topological polar surface area (TPSA) is 52.3 Å². The van der Waals surface area contributed by atoms with Crippen molar-refractivity contribution in [3.8, 4) is 5.75 Å². The lowest BCUT2D eigenvalue weighted by Crippen LogP contribution is -2.07. The number of nitrogens with two attached hydrogens (primary N) is 1. The van der Waals surface area contributed by atoms with Crippen LogP contribution in [0, 0.1) is 6.92 Å². The molecular weight excluding hydrogens is 309 g/mol. The summed E-state index contributed by atoms with van der Waals surface area (Å²) in [6, 6.07) is 8.50. The maximum absolute atomic E-state index is 12.7. The first-order valence-corrected chi connectivity index (χ1v) is 7.22. The van der Waals surface area contributed by atoms with Gasteiger partial charge in [0, 0.05) is 5.56 Å². The zero-order valence-corrected chi connectivity index (χ0v) is 13.3. The zero-order chi connectivity index (χ0) is 15.6. The number of ketones is 1. The quantitative estimate of drug-likeness (QED) is 0.665. The average molecular weight is 324 g/mol. The van der Waals surface area contributed by atoms with E-state index < -0.39 is 0 Å². The molecule has 0 aliphatic carbocycles. The van der Waals surface area contributed by atoms with Crippen LogP contribution in [0.1, 0.15) is 28.4 Å². The molecular formula is C16H15Cl2NO2. The van der Waals surface area contributed by atoms with Gasteiger partial charge >= 0.3 is 0 Å². The summed E-state index contributed by atoms with van der Waals surface area (Å²) in [5, 5.41) is 0.508. The van der Waals surface area contributed by atoms with Crippen LogP contribution in [0.5, 0.6) is 5.75 Å². The highest BCUT2D eigenvalue weighted by Gasteiger charge is 2.17. The van der Waals surface area contributed by atoms with E-state index >= 15 is 0 Å². The van der Waals surface area contributed by atoms with Crippen LogP contribution in [0.15, 0.2) is 30.3 Å². The number of hydrogen-bond donors (Lipinski definition) is 1. The first-order valence-electron chi connectivity index (χ1n) is 6.46. The molecule has 0 atom stereocenters. The minimum atomic E-state index is -0.201. The van der Waals surface area contributed by atoms with Gasteiger partial charge in [0.1, 0.15) is 5.75 Å². The van der Waals surface area contributed by atoms with Gasteiger partial charge in [0.15, 0.2) is 5.78 Å². The molecule has 21 heavy (non-hydrogen) atoms. The van der Waals surface area contributed by atoms with E-state index in [0.717, 1.165) is 5.56 Å². The molecule has 2 rings (SSSR count). The lowest BCUT2D eigenvalue weighted by molar-refractivity contribution is 0.103. The fraction of sp³-hybridized carbons (Fsp3) is 0.188. The predicted octanol–water partition coefficient (Wildman–Crippen LogP) is 4.51. The highest BCUT2D eigenvalue weighted by molar-refractivity contribution is 6.44. The summed E-state index contributed by atoms with van der Waals surface area (Å²) < 4.78 is 5.51. The molecule has 0 heterocycles. The number of hydrogen-bond acceptors (Lipinski definition) is 3. The van der Waals surface area contributed by atoms with Crippen molar-refractivity contribution in [3.05, 3.63) is 57.1 Å². The van der Waals surface area contributed by atoms with Crippen LogP contribution >= 0.6 is 23.2 Å². The Bertz CT molecular complexity index is 676. The van der Waals surface area contributed by atoms with E-state index in [-0.39, 0.29) is 21.5 Å². The van der Waals surface area contributed by atoms with Crippen LogP contribution in [0.2, 0.25) is 10.0 Å². The van der Waals surface area contributed by atoms with Gasteiger partial charge in [-0.25, -0.2) is 0 Å². The Morgan fingerprint density at radius 3 is 2.57 bits per heavy atom. The molecule has 0 saturated carbocycles. The molecule has 0 bridgehead atoms. The van der Waals surface area contributed by atoms with Crippen molar-refractivity contribution in [1.82, 2.24) is 0 Å². The summed E-state index contributed by atoms with van der Waals surface area (Å²) >= 11 is 11.9. The molecule has 0 fully saturated rings. The van der Waals surface area contributed by atoms with Crippen molar-refractivity contribution in [1.29, 1.82) is 0 Å². The summed E-state index contributed by atoms with van der Waals surface area (Å²) in [4.78, 5) is 12.7. The molecule has 0 spiro atoms. The van der Waals surface area contributed by atoms with E-state index in [2.05, 4.69) is 0 Å². The van der Waals surface area contributed by atoms with Crippen molar-refractivity contribution in [2.24, 2.45) is 0 Å². The maximum atomic E-state index is 12.7. The third-order valence-electron chi connectivity index (χ3n) is 3.00. The van der Waals surface area contributed by atoms with Crippen LogP contribution in [-0.2, 0) is 0 Å². The zero-order valence-electron chi connectivity index (χ0n) is 11.7. The summed E-state index contributed by atoms with van der Waals surface area (Å²) in [5.41, 5.74) is 7.87. The summed E-state index contributed by atoms with van der Waals surface area (Å²) in [6.07, 6.45) is 0.